The molecule has 3 nitrogen and oxygen atoms in total. The summed E-state index contributed by atoms with van der Waals surface area (Å²) in [6.07, 6.45) is 6.17. The first-order valence-electron chi connectivity index (χ1n) is 6.50. The Morgan fingerprint density at radius 3 is 2.71 bits per heavy atom. The summed E-state index contributed by atoms with van der Waals surface area (Å²) in [6, 6.07) is 8.61. The molecule has 1 saturated carbocycles. The zero-order valence-corrected chi connectivity index (χ0v) is 9.98. The molecule has 3 heteroatoms. The van der Waals surface area contributed by atoms with Gasteiger partial charge in [0.05, 0.1) is 0 Å². The lowest BCUT2D eigenvalue weighted by Crippen LogP contribution is -2.45. The number of urea groups is 1. The molecule has 1 heterocycles. The van der Waals surface area contributed by atoms with Crippen molar-refractivity contribution in [3.8, 4) is 0 Å². The highest BCUT2D eigenvalue weighted by Crippen LogP contribution is 2.29. The van der Waals surface area contributed by atoms with Gasteiger partial charge >= 0.3 is 6.03 Å². The van der Waals surface area contributed by atoms with Gasteiger partial charge in [-0.2, -0.15) is 0 Å². The number of carbonyl (C=O) groups is 1. The van der Waals surface area contributed by atoms with Gasteiger partial charge in [-0.3, -0.25) is 0 Å². The normalized spacial score (nSPS) is 20.9. The summed E-state index contributed by atoms with van der Waals surface area (Å²) in [7, 11) is 0. The van der Waals surface area contributed by atoms with E-state index in [4.69, 9.17) is 0 Å². The number of nitrogens with one attached hydrogen (secondary N) is 1. The molecule has 17 heavy (non-hydrogen) atoms. The van der Waals surface area contributed by atoms with E-state index in [0.29, 0.717) is 6.04 Å². The van der Waals surface area contributed by atoms with Crippen molar-refractivity contribution in [3.63, 3.8) is 0 Å². The van der Waals surface area contributed by atoms with Crippen LogP contribution in [0.2, 0.25) is 0 Å². The summed E-state index contributed by atoms with van der Waals surface area (Å²) in [5.74, 6) is 0. The van der Waals surface area contributed by atoms with Crippen LogP contribution in [0.4, 0.5) is 10.5 Å². The Kier molecular flexibility index (Phi) is 2.75. The number of para-hydroxylation sites is 1. The molecule has 2 amide bonds. The molecule has 0 bridgehead atoms. The molecule has 1 aliphatic carbocycles. The van der Waals surface area contributed by atoms with Crippen LogP contribution < -0.4 is 5.32 Å². The monoisotopic (exact) mass is 230 g/mol. The van der Waals surface area contributed by atoms with E-state index in [9.17, 15) is 4.79 Å². The van der Waals surface area contributed by atoms with E-state index in [1.807, 2.05) is 23.1 Å². The quantitative estimate of drug-likeness (QED) is 0.788. The van der Waals surface area contributed by atoms with Gasteiger partial charge in [-0.25, -0.2) is 4.79 Å². The van der Waals surface area contributed by atoms with Gasteiger partial charge < -0.3 is 10.2 Å². The van der Waals surface area contributed by atoms with Crippen LogP contribution in [0.15, 0.2) is 24.3 Å². The third-order valence-electron chi connectivity index (χ3n) is 3.88. The van der Waals surface area contributed by atoms with Crippen LogP contribution in [0.3, 0.4) is 0 Å². The van der Waals surface area contributed by atoms with Crippen LogP contribution in [0.25, 0.3) is 0 Å². The first kappa shape index (κ1) is 10.6. The Labute approximate surface area is 102 Å². The highest BCUT2D eigenvalue weighted by Gasteiger charge is 2.29. The average Bonchev–Trinajstić information content (AvgIpc) is 2.39. The SMILES string of the molecule is O=C1Nc2ccccc2CN1C1CCCCC1. The second-order valence-electron chi connectivity index (χ2n) is 5.01. The first-order valence-corrected chi connectivity index (χ1v) is 6.50. The van der Waals surface area contributed by atoms with Gasteiger partial charge in [0.25, 0.3) is 0 Å². The number of fused-ring (bicyclic) bond motifs is 1. The van der Waals surface area contributed by atoms with E-state index >= 15 is 0 Å². The van der Waals surface area contributed by atoms with Gasteiger partial charge in [0.2, 0.25) is 0 Å². The number of benzene rings is 1. The molecule has 0 saturated heterocycles. The molecular weight excluding hydrogens is 212 g/mol. The molecule has 0 unspecified atom stereocenters. The topological polar surface area (TPSA) is 32.3 Å². The summed E-state index contributed by atoms with van der Waals surface area (Å²) in [5, 5.41) is 2.99. The van der Waals surface area contributed by atoms with Gasteiger partial charge in [-0.1, -0.05) is 37.5 Å². The lowest BCUT2D eigenvalue weighted by molar-refractivity contribution is 0.160. The second-order valence-corrected chi connectivity index (χ2v) is 5.01. The predicted octanol–water partition coefficient (Wildman–Crippen LogP) is 3.37. The van der Waals surface area contributed by atoms with Crippen molar-refractivity contribution >= 4 is 11.7 Å². The lowest BCUT2D eigenvalue weighted by atomic mass is 9.93. The summed E-state index contributed by atoms with van der Waals surface area (Å²) in [6.45, 7) is 0.771. The fourth-order valence-corrected chi connectivity index (χ4v) is 2.91. The van der Waals surface area contributed by atoms with Crippen molar-refractivity contribution in [2.45, 2.75) is 44.7 Å². The summed E-state index contributed by atoms with van der Waals surface area (Å²) >= 11 is 0. The Balaban J connectivity index is 1.81. The molecule has 1 fully saturated rings. The molecule has 1 aromatic carbocycles. The number of rotatable bonds is 1. The van der Waals surface area contributed by atoms with E-state index in [1.54, 1.807) is 0 Å². The molecule has 1 N–H and O–H groups in total. The largest absolute Gasteiger partial charge is 0.322 e. The van der Waals surface area contributed by atoms with Crippen LogP contribution in [0, 0.1) is 0 Å². The molecule has 0 atom stereocenters. The molecule has 1 aliphatic heterocycles. The zero-order chi connectivity index (χ0) is 11.7. The van der Waals surface area contributed by atoms with Gasteiger partial charge in [-0.05, 0) is 24.5 Å². The molecule has 0 spiro atoms. The van der Waals surface area contributed by atoms with Gasteiger partial charge in [0.15, 0.2) is 0 Å². The van der Waals surface area contributed by atoms with Crippen LogP contribution >= 0.6 is 0 Å². The maximum atomic E-state index is 12.1. The molecule has 0 aromatic heterocycles. The maximum absolute atomic E-state index is 12.1. The van der Waals surface area contributed by atoms with Crippen LogP contribution in [0.5, 0.6) is 0 Å². The van der Waals surface area contributed by atoms with Crippen molar-refractivity contribution in [1.82, 2.24) is 4.90 Å². The number of hydrogen-bond donors (Lipinski definition) is 1. The summed E-state index contributed by atoms with van der Waals surface area (Å²) in [4.78, 5) is 14.1. The molecular formula is C14H18N2O. The van der Waals surface area contributed by atoms with Gasteiger partial charge in [0.1, 0.15) is 0 Å². The fourth-order valence-electron chi connectivity index (χ4n) is 2.91. The van der Waals surface area contributed by atoms with Crippen molar-refractivity contribution in [3.05, 3.63) is 29.8 Å². The van der Waals surface area contributed by atoms with Crippen LogP contribution in [-0.2, 0) is 6.54 Å². The number of carbonyl (C=O) groups excluding carboxylic acids is 1. The third kappa shape index (κ3) is 2.02. The highest BCUT2D eigenvalue weighted by molar-refractivity contribution is 5.92. The average molecular weight is 230 g/mol. The maximum Gasteiger partial charge on any atom is 0.322 e. The fraction of sp³-hybridized carbons (Fsp3) is 0.500. The smallest absolute Gasteiger partial charge is 0.317 e. The number of hydrogen-bond acceptors (Lipinski definition) is 1. The summed E-state index contributed by atoms with van der Waals surface area (Å²) in [5.41, 5.74) is 2.21. The predicted molar refractivity (Wildman–Crippen MR) is 67.9 cm³/mol. The minimum absolute atomic E-state index is 0.0793. The number of anilines is 1. The van der Waals surface area contributed by atoms with Crippen molar-refractivity contribution < 1.29 is 4.79 Å². The molecule has 2 aliphatic rings. The highest BCUT2D eigenvalue weighted by atomic mass is 16.2. The number of amides is 2. The Hall–Kier alpha value is -1.51. The van der Waals surface area contributed by atoms with Crippen molar-refractivity contribution in [2.24, 2.45) is 0 Å². The molecule has 1 aromatic rings. The van der Waals surface area contributed by atoms with E-state index in [0.717, 1.165) is 25.1 Å². The Bertz CT molecular complexity index is 424. The number of nitrogens with zero attached hydrogens (tertiary/aromatic N) is 1. The van der Waals surface area contributed by atoms with Gasteiger partial charge in [0, 0.05) is 18.3 Å². The van der Waals surface area contributed by atoms with Crippen LogP contribution in [0.1, 0.15) is 37.7 Å². The Morgan fingerprint density at radius 2 is 1.88 bits per heavy atom. The van der Waals surface area contributed by atoms with Gasteiger partial charge in [-0.15, -0.1) is 0 Å². The van der Waals surface area contributed by atoms with E-state index in [-0.39, 0.29) is 6.03 Å². The van der Waals surface area contributed by atoms with E-state index < -0.39 is 0 Å². The van der Waals surface area contributed by atoms with E-state index in [1.165, 1.54) is 24.8 Å². The molecule has 90 valence electrons. The van der Waals surface area contributed by atoms with E-state index in [2.05, 4.69) is 11.4 Å². The minimum Gasteiger partial charge on any atom is -0.317 e. The van der Waals surface area contributed by atoms with Crippen molar-refractivity contribution in [2.75, 3.05) is 5.32 Å². The molecule has 0 radical (unpaired) electrons. The van der Waals surface area contributed by atoms with Crippen molar-refractivity contribution in [1.29, 1.82) is 0 Å². The standard InChI is InChI=1S/C14H18N2O/c17-14-15-13-9-5-4-6-11(13)10-16(14)12-7-2-1-3-8-12/h4-6,9,12H,1-3,7-8,10H2,(H,15,17). The zero-order valence-electron chi connectivity index (χ0n) is 9.98. The second kappa shape index (κ2) is 4.40. The third-order valence-corrected chi connectivity index (χ3v) is 3.88. The van der Waals surface area contributed by atoms with Crippen LogP contribution in [-0.4, -0.2) is 17.0 Å². The molecule has 3 rings (SSSR count). The first-order chi connectivity index (χ1) is 8.34. The Morgan fingerprint density at radius 1 is 1.12 bits per heavy atom. The summed E-state index contributed by atoms with van der Waals surface area (Å²) < 4.78 is 0. The minimum atomic E-state index is 0.0793. The lowest BCUT2D eigenvalue weighted by Gasteiger charge is -2.37.